The van der Waals surface area contributed by atoms with E-state index in [2.05, 4.69) is 19.2 Å². The molecule has 1 aromatic carbocycles. The number of carbonyl (C=O) groups excluding carboxylic acids is 1. The average molecular weight is 250 g/mol. The van der Waals surface area contributed by atoms with Gasteiger partial charge in [-0.1, -0.05) is 13.8 Å². The molecule has 1 saturated heterocycles. The molecule has 0 saturated carbocycles. The lowest BCUT2D eigenvalue weighted by atomic mass is 9.93. The topological polar surface area (TPSA) is 32.3 Å². The van der Waals surface area contributed by atoms with Crippen molar-refractivity contribution in [1.29, 1.82) is 0 Å². The molecule has 1 heterocycles. The summed E-state index contributed by atoms with van der Waals surface area (Å²) in [6, 6.07) is 5.87. The van der Waals surface area contributed by atoms with Crippen LogP contribution in [0.15, 0.2) is 24.3 Å². The summed E-state index contributed by atoms with van der Waals surface area (Å²) in [6.07, 6.45) is 0. The third-order valence-corrected chi connectivity index (χ3v) is 3.25. The Balaban J connectivity index is 2.33. The summed E-state index contributed by atoms with van der Waals surface area (Å²) in [5.41, 5.74) is 0.750. The Morgan fingerprint density at radius 3 is 2.56 bits per heavy atom. The first kappa shape index (κ1) is 13.0. The number of halogens is 1. The molecule has 1 aliphatic rings. The van der Waals surface area contributed by atoms with Crippen LogP contribution in [0.5, 0.6) is 0 Å². The van der Waals surface area contributed by atoms with Crippen molar-refractivity contribution in [3.63, 3.8) is 0 Å². The number of nitrogens with zero attached hydrogens (tertiary/aromatic N) is 1. The van der Waals surface area contributed by atoms with Crippen LogP contribution in [-0.4, -0.2) is 25.0 Å². The maximum absolute atomic E-state index is 12.9. The van der Waals surface area contributed by atoms with Crippen LogP contribution in [0.1, 0.15) is 20.8 Å². The van der Waals surface area contributed by atoms with E-state index < -0.39 is 0 Å². The van der Waals surface area contributed by atoms with Gasteiger partial charge >= 0.3 is 0 Å². The van der Waals surface area contributed by atoms with Gasteiger partial charge in [0, 0.05) is 18.8 Å². The molecule has 0 aliphatic carbocycles. The first-order valence-corrected chi connectivity index (χ1v) is 6.19. The van der Waals surface area contributed by atoms with Gasteiger partial charge in [-0.3, -0.25) is 4.79 Å². The predicted octanol–water partition coefficient (Wildman–Crippen LogP) is 2.18. The van der Waals surface area contributed by atoms with Crippen molar-refractivity contribution in [1.82, 2.24) is 5.32 Å². The highest BCUT2D eigenvalue weighted by molar-refractivity contribution is 5.97. The summed E-state index contributed by atoms with van der Waals surface area (Å²) in [5, 5.41) is 3.23. The lowest BCUT2D eigenvalue weighted by Gasteiger charge is -2.29. The molecule has 1 N–H and O–H groups in total. The summed E-state index contributed by atoms with van der Waals surface area (Å²) in [5.74, 6) is -0.251. The minimum Gasteiger partial charge on any atom is -0.310 e. The van der Waals surface area contributed by atoms with E-state index in [1.165, 1.54) is 12.1 Å². The molecule has 0 aromatic heterocycles. The molecule has 1 unspecified atom stereocenters. The summed E-state index contributed by atoms with van der Waals surface area (Å²) in [4.78, 5) is 14.0. The van der Waals surface area contributed by atoms with Gasteiger partial charge in [-0.05, 0) is 36.6 Å². The average Bonchev–Trinajstić information content (AvgIpc) is 2.42. The maximum Gasteiger partial charge on any atom is 0.243 e. The fourth-order valence-corrected chi connectivity index (χ4v) is 2.15. The summed E-state index contributed by atoms with van der Waals surface area (Å²) in [6.45, 7) is 7.51. The Hall–Kier alpha value is -1.42. The third-order valence-electron chi connectivity index (χ3n) is 3.25. The SMILES string of the molecule is CC1NCC(C)(C)CN(c2ccc(F)cc2)C1=O. The third kappa shape index (κ3) is 2.70. The molecular formula is C14H19FN2O. The van der Waals surface area contributed by atoms with Crippen LogP contribution in [0.2, 0.25) is 0 Å². The summed E-state index contributed by atoms with van der Waals surface area (Å²) in [7, 11) is 0. The van der Waals surface area contributed by atoms with Gasteiger partial charge in [0.1, 0.15) is 5.82 Å². The molecule has 18 heavy (non-hydrogen) atoms. The fraction of sp³-hybridized carbons (Fsp3) is 0.500. The standard InChI is InChI=1S/C14H19FN2O/c1-10-13(18)17(9-14(2,3)8-16-10)12-6-4-11(15)5-7-12/h4-7,10,16H,8-9H2,1-3H3. The molecule has 2 rings (SSSR count). The van der Waals surface area contributed by atoms with Gasteiger partial charge in [-0.25, -0.2) is 4.39 Å². The van der Waals surface area contributed by atoms with E-state index in [1.807, 2.05) is 6.92 Å². The van der Waals surface area contributed by atoms with E-state index in [0.29, 0.717) is 6.54 Å². The van der Waals surface area contributed by atoms with E-state index in [4.69, 9.17) is 0 Å². The summed E-state index contributed by atoms with van der Waals surface area (Å²) >= 11 is 0. The van der Waals surface area contributed by atoms with E-state index in [0.717, 1.165) is 12.2 Å². The zero-order chi connectivity index (χ0) is 13.3. The first-order chi connectivity index (χ1) is 8.39. The second-order valence-corrected chi connectivity index (χ2v) is 5.67. The van der Waals surface area contributed by atoms with E-state index in [-0.39, 0.29) is 23.2 Å². The normalized spacial score (nSPS) is 23.9. The van der Waals surface area contributed by atoms with Gasteiger partial charge < -0.3 is 10.2 Å². The number of benzene rings is 1. The molecule has 3 nitrogen and oxygen atoms in total. The van der Waals surface area contributed by atoms with Gasteiger partial charge in [0.25, 0.3) is 0 Å². The van der Waals surface area contributed by atoms with Crippen molar-refractivity contribution in [2.24, 2.45) is 5.41 Å². The molecular weight excluding hydrogens is 231 g/mol. The molecule has 1 aromatic rings. The van der Waals surface area contributed by atoms with Gasteiger partial charge in [0.2, 0.25) is 5.91 Å². The molecule has 0 spiro atoms. The van der Waals surface area contributed by atoms with Crippen molar-refractivity contribution in [2.75, 3.05) is 18.0 Å². The van der Waals surface area contributed by atoms with Crippen LogP contribution < -0.4 is 10.2 Å². The largest absolute Gasteiger partial charge is 0.310 e. The quantitative estimate of drug-likeness (QED) is 0.828. The zero-order valence-electron chi connectivity index (χ0n) is 11.0. The second-order valence-electron chi connectivity index (χ2n) is 5.67. The predicted molar refractivity (Wildman–Crippen MR) is 70.0 cm³/mol. The Kier molecular flexibility index (Phi) is 3.39. The van der Waals surface area contributed by atoms with Crippen molar-refractivity contribution < 1.29 is 9.18 Å². The monoisotopic (exact) mass is 250 g/mol. The minimum absolute atomic E-state index is 0.00515. The zero-order valence-corrected chi connectivity index (χ0v) is 11.0. The molecule has 1 amide bonds. The molecule has 98 valence electrons. The van der Waals surface area contributed by atoms with Crippen molar-refractivity contribution in [3.8, 4) is 0 Å². The number of carbonyl (C=O) groups is 1. The number of rotatable bonds is 1. The fourth-order valence-electron chi connectivity index (χ4n) is 2.15. The minimum atomic E-state index is -0.286. The summed E-state index contributed by atoms with van der Waals surface area (Å²) < 4.78 is 12.9. The maximum atomic E-state index is 12.9. The van der Waals surface area contributed by atoms with Gasteiger partial charge in [0.15, 0.2) is 0 Å². The van der Waals surface area contributed by atoms with Crippen LogP contribution >= 0.6 is 0 Å². The van der Waals surface area contributed by atoms with E-state index in [1.54, 1.807) is 17.0 Å². The van der Waals surface area contributed by atoms with Crippen LogP contribution in [0.3, 0.4) is 0 Å². The van der Waals surface area contributed by atoms with Gasteiger partial charge in [-0.2, -0.15) is 0 Å². The molecule has 0 radical (unpaired) electrons. The van der Waals surface area contributed by atoms with Crippen molar-refractivity contribution >= 4 is 11.6 Å². The molecule has 1 atom stereocenters. The number of anilines is 1. The highest BCUT2D eigenvalue weighted by Crippen LogP contribution is 2.25. The Bertz CT molecular complexity index is 442. The number of amides is 1. The van der Waals surface area contributed by atoms with Gasteiger partial charge in [-0.15, -0.1) is 0 Å². The smallest absolute Gasteiger partial charge is 0.243 e. The highest BCUT2D eigenvalue weighted by atomic mass is 19.1. The van der Waals surface area contributed by atoms with Gasteiger partial charge in [0.05, 0.1) is 6.04 Å². The van der Waals surface area contributed by atoms with Crippen LogP contribution in [0.4, 0.5) is 10.1 Å². The van der Waals surface area contributed by atoms with Crippen LogP contribution in [0.25, 0.3) is 0 Å². The van der Waals surface area contributed by atoms with Crippen molar-refractivity contribution in [2.45, 2.75) is 26.8 Å². The second kappa shape index (κ2) is 4.69. The number of hydrogen-bond acceptors (Lipinski definition) is 2. The highest BCUT2D eigenvalue weighted by Gasteiger charge is 2.32. The lowest BCUT2D eigenvalue weighted by Crippen LogP contribution is -2.42. The molecule has 1 aliphatic heterocycles. The lowest BCUT2D eigenvalue weighted by molar-refractivity contribution is -0.119. The number of hydrogen-bond donors (Lipinski definition) is 1. The molecule has 4 heteroatoms. The Morgan fingerprint density at radius 2 is 1.94 bits per heavy atom. The van der Waals surface area contributed by atoms with E-state index >= 15 is 0 Å². The number of nitrogens with one attached hydrogen (secondary N) is 1. The van der Waals surface area contributed by atoms with Crippen LogP contribution in [-0.2, 0) is 4.79 Å². The Morgan fingerprint density at radius 1 is 1.33 bits per heavy atom. The first-order valence-electron chi connectivity index (χ1n) is 6.19. The molecule has 1 fully saturated rings. The van der Waals surface area contributed by atoms with Crippen molar-refractivity contribution in [3.05, 3.63) is 30.1 Å². The van der Waals surface area contributed by atoms with Crippen LogP contribution in [0, 0.1) is 11.2 Å². The Labute approximate surface area is 107 Å². The van der Waals surface area contributed by atoms with E-state index in [9.17, 15) is 9.18 Å². The molecule has 0 bridgehead atoms.